The van der Waals surface area contributed by atoms with Crippen molar-refractivity contribution in [2.75, 3.05) is 45.2 Å². The van der Waals surface area contributed by atoms with E-state index in [1.54, 1.807) is 16.9 Å². The normalized spacial score (nSPS) is 19.1. The zero-order valence-electron chi connectivity index (χ0n) is 16.0. The lowest BCUT2D eigenvalue weighted by atomic mass is 9.72. The number of hydrogen-bond acceptors (Lipinski definition) is 6. The molecule has 0 aliphatic carbocycles. The molecular weight excluding hydrogens is 346 g/mol. The van der Waals surface area contributed by atoms with Crippen LogP contribution >= 0.6 is 0 Å². The van der Waals surface area contributed by atoms with Crippen LogP contribution < -0.4 is 9.64 Å². The number of ether oxygens (including phenoxy) is 1. The van der Waals surface area contributed by atoms with Crippen molar-refractivity contribution in [3.63, 3.8) is 0 Å². The third-order valence-electron chi connectivity index (χ3n) is 5.89. The molecule has 27 heavy (non-hydrogen) atoms. The van der Waals surface area contributed by atoms with Gasteiger partial charge in [-0.3, -0.25) is 14.8 Å². The second-order valence-electron chi connectivity index (χ2n) is 7.86. The summed E-state index contributed by atoms with van der Waals surface area (Å²) in [5.74, 6) is 0.298. The number of likely N-dealkylation sites (tertiary alicyclic amines) is 1. The molecule has 144 valence electrons. The van der Waals surface area contributed by atoms with Gasteiger partial charge in [-0.15, -0.1) is 0 Å². The fraction of sp³-hybridized carbons (Fsp3) is 0.526. The molecular formula is C19H25N5O3. The van der Waals surface area contributed by atoms with E-state index in [1.807, 2.05) is 19.3 Å². The first kappa shape index (κ1) is 17.8. The number of nitro groups is 1. The van der Waals surface area contributed by atoms with Crippen molar-refractivity contribution in [2.24, 2.45) is 12.5 Å². The van der Waals surface area contributed by atoms with Gasteiger partial charge < -0.3 is 14.5 Å². The Kier molecular flexibility index (Phi) is 4.30. The topological polar surface area (TPSA) is 76.7 Å². The lowest BCUT2D eigenvalue weighted by molar-refractivity contribution is -0.385. The largest absolute Gasteiger partial charge is 0.490 e. The van der Waals surface area contributed by atoms with Gasteiger partial charge in [0, 0.05) is 68.4 Å². The molecule has 8 nitrogen and oxygen atoms in total. The van der Waals surface area contributed by atoms with Gasteiger partial charge >= 0.3 is 5.69 Å². The van der Waals surface area contributed by atoms with E-state index in [4.69, 9.17) is 4.74 Å². The van der Waals surface area contributed by atoms with Gasteiger partial charge in [-0.2, -0.15) is 5.10 Å². The second kappa shape index (κ2) is 6.53. The molecule has 2 saturated heterocycles. The van der Waals surface area contributed by atoms with E-state index in [9.17, 15) is 10.1 Å². The summed E-state index contributed by atoms with van der Waals surface area (Å²) in [6.07, 6.45) is 5.93. The minimum Gasteiger partial charge on any atom is -0.490 e. The first-order valence-electron chi connectivity index (χ1n) is 9.20. The minimum absolute atomic E-state index is 0.0193. The molecule has 0 N–H and O–H groups in total. The van der Waals surface area contributed by atoms with Crippen LogP contribution in [0.2, 0.25) is 0 Å². The molecule has 2 aliphatic heterocycles. The molecule has 0 atom stereocenters. The van der Waals surface area contributed by atoms with Crippen LogP contribution in [0.5, 0.6) is 5.75 Å². The Labute approximate surface area is 158 Å². The molecule has 1 aromatic heterocycles. The first-order valence-corrected chi connectivity index (χ1v) is 9.20. The van der Waals surface area contributed by atoms with Crippen LogP contribution in [0.4, 0.5) is 11.4 Å². The van der Waals surface area contributed by atoms with E-state index < -0.39 is 4.92 Å². The number of rotatable bonds is 4. The summed E-state index contributed by atoms with van der Waals surface area (Å²) in [5, 5.41) is 15.7. The SMILES string of the molecule is COc1cc(N2CCC3(CC2)CN(C)C3)c(-c2cnn(C)c2)cc1[N+](=O)[O-]. The standard InChI is InChI=1S/C19H25N5O3/c1-21-12-19(13-21)4-6-23(7-5-19)16-9-18(27-3)17(24(25)26)8-15(16)14-10-20-22(2)11-14/h8-11H,4-7,12-13H2,1-3H3. The molecule has 1 spiro atoms. The Balaban J connectivity index is 1.71. The molecule has 0 radical (unpaired) electrons. The smallest absolute Gasteiger partial charge is 0.311 e. The van der Waals surface area contributed by atoms with Crippen molar-refractivity contribution in [1.82, 2.24) is 14.7 Å². The average molecular weight is 371 g/mol. The van der Waals surface area contributed by atoms with Crippen molar-refractivity contribution in [1.29, 1.82) is 0 Å². The quantitative estimate of drug-likeness (QED) is 0.607. The van der Waals surface area contributed by atoms with Gasteiger partial charge in [0.2, 0.25) is 0 Å². The molecule has 2 fully saturated rings. The van der Waals surface area contributed by atoms with Crippen LogP contribution in [0.15, 0.2) is 24.5 Å². The maximum Gasteiger partial charge on any atom is 0.311 e. The van der Waals surface area contributed by atoms with Gasteiger partial charge in [-0.25, -0.2) is 0 Å². The summed E-state index contributed by atoms with van der Waals surface area (Å²) in [7, 11) is 5.49. The van der Waals surface area contributed by atoms with Gasteiger partial charge in [0.05, 0.1) is 18.2 Å². The summed E-state index contributed by atoms with van der Waals surface area (Å²) in [5.41, 5.74) is 3.12. The van der Waals surface area contributed by atoms with Crippen molar-refractivity contribution >= 4 is 11.4 Å². The number of aromatic nitrogens is 2. The van der Waals surface area contributed by atoms with Gasteiger partial charge in [0.1, 0.15) is 0 Å². The molecule has 0 bridgehead atoms. The molecule has 3 heterocycles. The third-order valence-corrected chi connectivity index (χ3v) is 5.89. The van der Waals surface area contributed by atoms with Crippen LogP contribution in [0.25, 0.3) is 11.1 Å². The Morgan fingerprint density at radius 2 is 1.93 bits per heavy atom. The number of nitrogens with zero attached hydrogens (tertiary/aromatic N) is 5. The lowest BCUT2D eigenvalue weighted by Crippen LogP contribution is -2.58. The van der Waals surface area contributed by atoms with E-state index in [-0.39, 0.29) is 5.69 Å². The second-order valence-corrected chi connectivity index (χ2v) is 7.86. The van der Waals surface area contributed by atoms with Gasteiger partial charge in [0.25, 0.3) is 0 Å². The van der Waals surface area contributed by atoms with E-state index in [0.29, 0.717) is 11.2 Å². The summed E-state index contributed by atoms with van der Waals surface area (Å²) in [6.45, 7) is 4.23. The third kappa shape index (κ3) is 3.14. The lowest BCUT2D eigenvalue weighted by Gasteiger charge is -2.53. The van der Waals surface area contributed by atoms with Crippen LogP contribution in [-0.4, -0.2) is 59.9 Å². The highest BCUT2D eigenvalue weighted by atomic mass is 16.6. The molecule has 0 amide bonds. The number of piperidine rings is 1. The predicted octanol–water partition coefficient (Wildman–Crippen LogP) is 2.54. The number of anilines is 1. The number of nitro benzene ring substituents is 1. The number of methoxy groups -OCH3 is 1. The van der Waals surface area contributed by atoms with Crippen molar-refractivity contribution in [2.45, 2.75) is 12.8 Å². The van der Waals surface area contributed by atoms with Gasteiger partial charge in [-0.05, 0) is 25.3 Å². The van der Waals surface area contributed by atoms with Crippen LogP contribution in [0.1, 0.15) is 12.8 Å². The summed E-state index contributed by atoms with van der Waals surface area (Å²) >= 11 is 0. The van der Waals surface area contributed by atoms with Gasteiger partial charge in [0.15, 0.2) is 5.75 Å². The van der Waals surface area contributed by atoms with E-state index in [1.165, 1.54) is 20.2 Å². The van der Waals surface area contributed by atoms with Crippen molar-refractivity contribution in [3.05, 3.63) is 34.6 Å². The molecule has 2 aliphatic rings. The highest BCUT2D eigenvalue weighted by Gasteiger charge is 2.43. The Morgan fingerprint density at radius 1 is 1.22 bits per heavy atom. The average Bonchev–Trinajstić information content (AvgIpc) is 3.06. The van der Waals surface area contributed by atoms with Gasteiger partial charge in [-0.1, -0.05) is 0 Å². The fourth-order valence-corrected chi connectivity index (χ4v) is 4.55. The molecule has 4 rings (SSSR count). The summed E-state index contributed by atoms with van der Waals surface area (Å²) in [4.78, 5) is 15.8. The maximum absolute atomic E-state index is 11.5. The predicted molar refractivity (Wildman–Crippen MR) is 103 cm³/mol. The number of aryl methyl sites for hydroxylation is 1. The molecule has 0 unspecified atom stereocenters. The summed E-state index contributed by atoms with van der Waals surface area (Å²) < 4.78 is 7.04. The van der Waals surface area contributed by atoms with Crippen molar-refractivity contribution in [3.8, 4) is 16.9 Å². The Bertz CT molecular complexity index is 862. The van der Waals surface area contributed by atoms with Crippen LogP contribution in [0, 0.1) is 15.5 Å². The molecule has 2 aromatic rings. The van der Waals surface area contributed by atoms with E-state index in [0.717, 1.165) is 42.7 Å². The molecule has 0 saturated carbocycles. The fourth-order valence-electron chi connectivity index (χ4n) is 4.55. The highest BCUT2D eigenvalue weighted by Crippen LogP contribution is 2.44. The van der Waals surface area contributed by atoms with E-state index >= 15 is 0 Å². The molecule has 8 heteroatoms. The highest BCUT2D eigenvalue weighted by molar-refractivity contribution is 5.82. The zero-order valence-corrected chi connectivity index (χ0v) is 16.0. The van der Waals surface area contributed by atoms with E-state index in [2.05, 4.69) is 21.9 Å². The van der Waals surface area contributed by atoms with Crippen LogP contribution in [0.3, 0.4) is 0 Å². The zero-order chi connectivity index (χ0) is 19.2. The van der Waals surface area contributed by atoms with Crippen LogP contribution in [-0.2, 0) is 7.05 Å². The number of benzene rings is 1. The maximum atomic E-state index is 11.5. The first-order chi connectivity index (χ1) is 12.9. The molecule has 1 aromatic carbocycles. The van der Waals surface area contributed by atoms with Crippen molar-refractivity contribution < 1.29 is 9.66 Å². The monoisotopic (exact) mass is 371 g/mol. The minimum atomic E-state index is -0.391. The Morgan fingerprint density at radius 3 is 2.44 bits per heavy atom. The Hall–Kier alpha value is -2.61. The number of hydrogen-bond donors (Lipinski definition) is 0. The summed E-state index contributed by atoms with van der Waals surface area (Å²) in [6, 6.07) is 3.43.